The van der Waals surface area contributed by atoms with Gasteiger partial charge in [-0.3, -0.25) is 0 Å². The molecule has 2 rings (SSSR count). The molecule has 1 aliphatic rings. The monoisotopic (exact) mass is 221 g/mol. The molecule has 1 fully saturated rings. The number of nitrogens with zero attached hydrogens (tertiary/aromatic N) is 3. The smallest absolute Gasteiger partial charge is 0.357 e. The van der Waals surface area contributed by atoms with Gasteiger partial charge in [-0.05, 0) is 26.0 Å². The van der Waals surface area contributed by atoms with Crippen molar-refractivity contribution in [1.82, 2.24) is 14.9 Å². The molecule has 1 aromatic heterocycles. The Morgan fingerprint density at radius 3 is 2.88 bits per heavy atom. The van der Waals surface area contributed by atoms with Crippen LogP contribution in [0.3, 0.4) is 0 Å². The molecule has 1 aliphatic heterocycles. The average Bonchev–Trinajstić information content (AvgIpc) is 2.33. The van der Waals surface area contributed by atoms with Gasteiger partial charge in [-0.2, -0.15) is 0 Å². The van der Waals surface area contributed by atoms with Crippen molar-refractivity contribution in [2.24, 2.45) is 0 Å². The SMILES string of the molecule is CN1CCC(OC(=O)c2ccncn2)CC1. The maximum absolute atomic E-state index is 11.7. The van der Waals surface area contributed by atoms with Crippen molar-refractivity contribution in [1.29, 1.82) is 0 Å². The Balaban J connectivity index is 1.88. The molecule has 86 valence electrons. The summed E-state index contributed by atoms with van der Waals surface area (Å²) in [5, 5.41) is 0. The average molecular weight is 221 g/mol. The van der Waals surface area contributed by atoms with E-state index in [1.165, 1.54) is 12.5 Å². The van der Waals surface area contributed by atoms with Gasteiger partial charge in [0, 0.05) is 19.3 Å². The van der Waals surface area contributed by atoms with Gasteiger partial charge >= 0.3 is 5.97 Å². The molecule has 1 aromatic rings. The molecule has 2 heterocycles. The summed E-state index contributed by atoms with van der Waals surface area (Å²) in [6.45, 7) is 1.95. The maximum atomic E-state index is 11.7. The summed E-state index contributed by atoms with van der Waals surface area (Å²) in [6.07, 6.45) is 4.71. The largest absolute Gasteiger partial charge is 0.458 e. The van der Waals surface area contributed by atoms with E-state index < -0.39 is 0 Å². The lowest BCUT2D eigenvalue weighted by atomic mass is 10.1. The second-order valence-electron chi connectivity index (χ2n) is 4.00. The second kappa shape index (κ2) is 5.03. The number of ether oxygens (including phenoxy) is 1. The highest BCUT2D eigenvalue weighted by Crippen LogP contribution is 2.13. The number of hydrogen-bond donors (Lipinski definition) is 0. The van der Waals surface area contributed by atoms with Crippen LogP contribution in [0.2, 0.25) is 0 Å². The molecule has 0 amide bonds. The van der Waals surface area contributed by atoms with Crippen LogP contribution < -0.4 is 0 Å². The highest BCUT2D eigenvalue weighted by Gasteiger charge is 2.21. The van der Waals surface area contributed by atoms with E-state index in [4.69, 9.17) is 4.74 Å². The number of carbonyl (C=O) groups excluding carboxylic acids is 1. The highest BCUT2D eigenvalue weighted by atomic mass is 16.5. The van der Waals surface area contributed by atoms with Crippen LogP contribution in [0.15, 0.2) is 18.6 Å². The van der Waals surface area contributed by atoms with Gasteiger partial charge in [-0.15, -0.1) is 0 Å². The molecule has 5 heteroatoms. The molecule has 0 unspecified atom stereocenters. The van der Waals surface area contributed by atoms with E-state index in [0.29, 0.717) is 5.69 Å². The van der Waals surface area contributed by atoms with Gasteiger partial charge in [0.25, 0.3) is 0 Å². The Labute approximate surface area is 94.5 Å². The summed E-state index contributed by atoms with van der Waals surface area (Å²) >= 11 is 0. The third kappa shape index (κ3) is 2.76. The van der Waals surface area contributed by atoms with Gasteiger partial charge in [0.05, 0.1) is 0 Å². The number of piperidine rings is 1. The van der Waals surface area contributed by atoms with Crippen LogP contribution in [0.5, 0.6) is 0 Å². The van der Waals surface area contributed by atoms with Crippen molar-refractivity contribution in [3.63, 3.8) is 0 Å². The predicted octanol–water partition coefficient (Wildman–Crippen LogP) is 0.728. The lowest BCUT2D eigenvalue weighted by molar-refractivity contribution is 0.0133. The minimum atomic E-state index is -0.350. The van der Waals surface area contributed by atoms with Gasteiger partial charge in [-0.1, -0.05) is 0 Å². The fourth-order valence-corrected chi connectivity index (χ4v) is 1.73. The topological polar surface area (TPSA) is 55.3 Å². The number of rotatable bonds is 2. The highest BCUT2D eigenvalue weighted by molar-refractivity contribution is 5.87. The summed E-state index contributed by atoms with van der Waals surface area (Å²) < 4.78 is 5.37. The van der Waals surface area contributed by atoms with E-state index in [2.05, 4.69) is 21.9 Å². The lowest BCUT2D eigenvalue weighted by Gasteiger charge is -2.28. The first-order chi connectivity index (χ1) is 7.75. The first-order valence-electron chi connectivity index (χ1n) is 5.41. The fraction of sp³-hybridized carbons (Fsp3) is 0.545. The van der Waals surface area contributed by atoms with E-state index in [9.17, 15) is 4.79 Å². The van der Waals surface area contributed by atoms with Crippen LogP contribution in [0, 0.1) is 0 Å². The molecule has 0 radical (unpaired) electrons. The fourth-order valence-electron chi connectivity index (χ4n) is 1.73. The molecule has 0 aliphatic carbocycles. The van der Waals surface area contributed by atoms with Crippen molar-refractivity contribution >= 4 is 5.97 Å². The summed E-state index contributed by atoms with van der Waals surface area (Å²) in [7, 11) is 2.07. The summed E-state index contributed by atoms with van der Waals surface area (Å²) in [4.78, 5) is 21.5. The van der Waals surface area contributed by atoms with Crippen molar-refractivity contribution in [3.05, 3.63) is 24.3 Å². The maximum Gasteiger partial charge on any atom is 0.357 e. The van der Waals surface area contributed by atoms with Crippen LogP contribution in [0.1, 0.15) is 23.3 Å². The van der Waals surface area contributed by atoms with Crippen LogP contribution in [-0.2, 0) is 4.74 Å². The molecule has 0 bridgehead atoms. The standard InChI is InChI=1S/C11H15N3O2/c1-14-6-3-9(4-7-14)16-11(15)10-2-5-12-8-13-10/h2,5,8-9H,3-4,6-7H2,1H3. The molecule has 0 aromatic carbocycles. The van der Waals surface area contributed by atoms with Gasteiger partial charge in [-0.25, -0.2) is 14.8 Å². The number of esters is 1. The zero-order chi connectivity index (χ0) is 11.4. The summed E-state index contributed by atoms with van der Waals surface area (Å²) in [5.41, 5.74) is 0.328. The van der Waals surface area contributed by atoms with Crippen LogP contribution in [0.25, 0.3) is 0 Å². The predicted molar refractivity (Wildman–Crippen MR) is 58.0 cm³/mol. The first kappa shape index (κ1) is 11.0. The number of carbonyl (C=O) groups is 1. The Morgan fingerprint density at radius 1 is 1.50 bits per heavy atom. The van der Waals surface area contributed by atoms with Crippen molar-refractivity contribution < 1.29 is 9.53 Å². The molecule has 0 N–H and O–H groups in total. The third-order valence-electron chi connectivity index (χ3n) is 2.73. The lowest BCUT2D eigenvalue weighted by Crippen LogP contribution is -2.35. The van der Waals surface area contributed by atoms with Crippen LogP contribution in [-0.4, -0.2) is 47.1 Å². The Morgan fingerprint density at radius 2 is 2.25 bits per heavy atom. The number of hydrogen-bond acceptors (Lipinski definition) is 5. The Hall–Kier alpha value is -1.49. The van der Waals surface area contributed by atoms with Crippen LogP contribution >= 0.6 is 0 Å². The Kier molecular flexibility index (Phi) is 3.46. The van der Waals surface area contributed by atoms with E-state index in [0.717, 1.165) is 25.9 Å². The normalized spacial score (nSPS) is 18.3. The number of likely N-dealkylation sites (tertiary alicyclic amines) is 1. The van der Waals surface area contributed by atoms with E-state index in [1.807, 2.05) is 0 Å². The Bertz CT molecular complexity index is 348. The molecular weight excluding hydrogens is 206 g/mol. The summed E-state index contributed by atoms with van der Waals surface area (Å²) in [5.74, 6) is -0.350. The quantitative estimate of drug-likeness (QED) is 0.689. The molecule has 0 spiro atoms. The zero-order valence-electron chi connectivity index (χ0n) is 9.30. The minimum Gasteiger partial charge on any atom is -0.458 e. The summed E-state index contributed by atoms with van der Waals surface area (Å²) in [6, 6.07) is 1.57. The zero-order valence-corrected chi connectivity index (χ0v) is 9.30. The molecule has 0 saturated carbocycles. The molecule has 16 heavy (non-hydrogen) atoms. The van der Waals surface area contributed by atoms with Crippen LogP contribution in [0.4, 0.5) is 0 Å². The molecule has 0 atom stereocenters. The van der Waals surface area contributed by atoms with E-state index >= 15 is 0 Å². The number of aromatic nitrogens is 2. The van der Waals surface area contributed by atoms with Gasteiger partial charge in [0.2, 0.25) is 0 Å². The van der Waals surface area contributed by atoms with Gasteiger partial charge in [0.1, 0.15) is 12.4 Å². The molecule has 1 saturated heterocycles. The van der Waals surface area contributed by atoms with Gasteiger partial charge in [0.15, 0.2) is 5.69 Å². The second-order valence-corrected chi connectivity index (χ2v) is 4.00. The third-order valence-corrected chi connectivity index (χ3v) is 2.73. The first-order valence-corrected chi connectivity index (χ1v) is 5.41. The van der Waals surface area contributed by atoms with Gasteiger partial charge < -0.3 is 9.64 Å². The van der Waals surface area contributed by atoms with Crippen molar-refractivity contribution in [2.45, 2.75) is 18.9 Å². The van der Waals surface area contributed by atoms with Crippen molar-refractivity contribution in [3.8, 4) is 0 Å². The van der Waals surface area contributed by atoms with E-state index in [1.54, 1.807) is 6.07 Å². The van der Waals surface area contributed by atoms with Crippen molar-refractivity contribution in [2.75, 3.05) is 20.1 Å². The molecule has 5 nitrogen and oxygen atoms in total. The van der Waals surface area contributed by atoms with E-state index in [-0.39, 0.29) is 12.1 Å². The molecular formula is C11H15N3O2. The minimum absolute atomic E-state index is 0.0265.